The summed E-state index contributed by atoms with van der Waals surface area (Å²) in [7, 11) is 0. The molecule has 0 aliphatic carbocycles. The van der Waals surface area contributed by atoms with Gasteiger partial charge in [0.25, 0.3) is 0 Å². The number of hydrogen-bond acceptors (Lipinski definition) is 1. The molecule has 80 valence electrons. The van der Waals surface area contributed by atoms with E-state index in [0.717, 1.165) is 12.8 Å². The molecule has 0 spiro atoms. The van der Waals surface area contributed by atoms with Gasteiger partial charge in [0.1, 0.15) is 5.82 Å². The van der Waals surface area contributed by atoms with Gasteiger partial charge in [0, 0.05) is 11.1 Å². The molecule has 2 N–H and O–H groups in total. The normalized spacial score (nSPS) is 12.0. The Kier molecular flexibility index (Phi) is 6.09. The quantitative estimate of drug-likeness (QED) is 0.853. The highest BCUT2D eigenvalue weighted by Gasteiger charge is 2.09. The lowest BCUT2D eigenvalue weighted by molar-refractivity contribution is 0.605. The van der Waals surface area contributed by atoms with Crippen LogP contribution < -0.4 is 5.73 Å². The second kappa shape index (κ2) is 6.23. The maximum absolute atomic E-state index is 12.8. The minimum absolute atomic E-state index is 0. The third-order valence-electron chi connectivity index (χ3n) is 1.96. The van der Waals surface area contributed by atoms with Crippen molar-refractivity contribution in [2.45, 2.75) is 25.8 Å². The molecule has 0 aliphatic rings. The van der Waals surface area contributed by atoms with E-state index in [4.69, 9.17) is 17.3 Å². The Balaban J connectivity index is 0.00000169. The van der Waals surface area contributed by atoms with E-state index in [1.807, 2.05) is 6.92 Å². The van der Waals surface area contributed by atoms with Crippen molar-refractivity contribution in [3.8, 4) is 0 Å². The van der Waals surface area contributed by atoms with Gasteiger partial charge in [0.2, 0.25) is 0 Å². The first kappa shape index (κ1) is 13.7. The molecule has 0 bridgehead atoms. The Bertz CT molecular complexity index is 291. The lowest BCUT2D eigenvalue weighted by atomic mass is 10.0. The van der Waals surface area contributed by atoms with Crippen molar-refractivity contribution in [2.24, 2.45) is 5.73 Å². The molecule has 1 aromatic rings. The molecule has 0 aliphatic heterocycles. The van der Waals surface area contributed by atoms with Crippen LogP contribution in [0.2, 0.25) is 5.02 Å². The van der Waals surface area contributed by atoms with Crippen LogP contribution in [0.1, 0.15) is 31.4 Å². The Morgan fingerprint density at radius 1 is 1.50 bits per heavy atom. The van der Waals surface area contributed by atoms with Crippen molar-refractivity contribution in [1.29, 1.82) is 0 Å². The summed E-state index contributed by atoms with van der Waals surface area (Å²) in [6, 6.07) is 4.13. The van der Waals surface area contributed by atoms with Gasteiger partial charge in [-0.2, -0.15) is 0 Å². The minimum atomic E-state index is -0.286. The number of benzene rings is 1. The second-order valence-corrected chi connectivity index (χ2v) is 3.47. The molecule has 1 nitrogen and oxygen atoms in total. The van der Waals surface area contributed by atoms with Crippen LogP contribution in [0.15, 0.2) is 18.2 Å². The predicted molar refractivity (Wildman–Crippen MR) is 60.5 cm³/mol. The topological polar surface area (TPSA) is 26.0 Å². The zero-order valence-corrected chi connectivity index (χ0v) is 9.54. The predicted octanol–water partition coefficient (Wildman–Crippen LogP) is 3.70. The molecule has 0 heterocycles. The summed E-state index contributed by atoms with van der Waals surface area (Å²) >= 11 is 5.88. The first-order chi connectivity index (χ1) is 6.15. The van der Waals surface area contributed by atoms with E-state index in [2.05, 4.69) is 0 Å². The summed E-state index contributed by atoms with van der Waals surface area (Å²) in [5.74, 6) is -0.286. The van der Waals surface area contributed by atoms with Crippen molar-refractivity contribution in [2.75, 3.05) is 0 Å². The van der Waals surface area contributed by atoms with Gasteiger partial charge in [0.05, 0.1) is 0 Å². The smallest absolute Gasteiger partial charge is 0.123 e. The summed E-state index contributed by atoms with van der Waals surface area (Å²) in [5.41, 5.74) is 6.52. The van der Waals surface area contributed by atoms with Crippen molar-refractivity contribution in [3.05, 3.63) is 34.6 Å². The standard InChI is InChI=1S/C10H13ClFN.ClH/c1-2-3-10(13)8-6-7(12)4-5-9(8)11;/h4-6,10H,2-3,13H2,1H3;1H/t10-;/m0./s1. The van der Waals surface area contributed by atoms with Gasteiger partial charge in [0.15, 0.2) is 0 Å². The van der Waals surface area contributed by atoms with Gasteiger partial charge >= 0.3 is 0 Å². The number of nitrogens with two attached hydrogens (primary N) is 1. The van der Waals surface area contributed by atoms with Crippen molar-refractivity contribution in [3.63, 3.8) is 0 Å². The van der Waals surface area contributed by atoms with E-state index < -0.39 is 0 Å². The SMILES string of the molecule is CCC[C@H](N)c1cc(F)ccc1Cl.Cl. The number of halogens is 3. The molecule has 0 saturated carbocycles. The van der Waals surface area contributed by atoms with E-state index >= 15 is 0 Å². The van der Waals surface area contributed by atoms with Crippen molar-refractivity contribution in [1.82, 2.24) is 0 Å². The molecule has 1 rings (SSSR count). The highest BCUT2D eigenvalue weighted by Crippen LogP contribution is 2.24. The van der Waals surface area contributed by atoms with Crippen LogP contribution in [0.5, 0.6) is 0 Å². The highest BCUT2D eigenvalue weighted by atomic mass is 35.5. The van der Waals surface area contributed by atoms with Crippen LogP contribution in [0.4, 0.5) is 4.39 Å². The van der Waals surface area contributed by atoms with Crippen LogP contribution in [0, 0.1) is 5.82 Å². The zero-order chi connectivity index (χ0) is 9.84. The van der Waals surface area contributed by atoms with Crippen LogP contribution in [0.25, 0.3) is 0 Å². The molecule has 14 heavy (non-hydrogen) atoms. The van der Waals surface area contributed by atoms with E-state index in [9.17, 15) is 4.39 Å². The van der Waals surface area contributed by atoms with E-state index in [1.54, 1.807) is 6.07 Å². The Hall–Kier alpha value is -0.310. The van der Waals surface area contributed by atoms with Crippen molar-refractivity contribution < 1.29 is 4.39 Å². The Morgan fingerprint density at radius 2 is 2.14 bits per heavy atom. The Morgan fingerprint density at radius 3 is 2.71 bits per heavy atom. The fourth-order valence-corrected chi connectivity index (χ4v) is 1.52. The summed E-state index contributed by atoms with van der Waals surface area (Å²) in [6.45, 7) is 2.03. The van der Waals surface area contributed by atoms with E-state index in [1.165, 1.54) is 12.1 Å². The molecule has 0 fully saturated rings. The molecule has 0 aromatic heterocycles. The zero-order valence-electron chi connectivity index (χ0n) is 7.97. The van der Waals surface area contributed by atoms with Crippen molar-refractivity contribution >= 4 is 24.0 Å². The van der Waals surface area contributed by atoms with E-state index in [-0.39, 0.29) is 24.3 Å². The molecule has 4 heteroatoms. The van der Waals surface area contributed by atoms with Crippen LogP contribution in [-0.2, 0) is 0 Å². The van der Waals surface area contributed by atoms with Gasteiger partial charge in [-0.3, -0.25) is 0 Å². The first-order valence-corrected chi connectivity index (χ1v) is 4.73. The van der Waals surface area contributed by atoms with Gasteiger partial charge in [-0.25, -0.2) is 4.39 Å². The van der Waals surface area contributed by atoms with Gasteiger partial charge in [-0.1, -0.05) is 24.9 Å². The van der Waals surface area contributed by atoms with Gasteiger partial charge in [-0.05, 0) is 30.2 Å². The third-order valence-corrected chi connectivity index (χ3v) is 2.30. The molecule has 0 saturated heterocycles. The minimum Gasteiger partial charge on any atom is -0.324 e. The van der Waals surface area contributed by atoms with Crippen LogP contribution in [-0.4, -0.2) is 0 Å². The lowest BCUT2D eigenvalue weighted by Gasteiger charge is -2.12. The molecule has 0 unspecified atom stereocenters. The van der Waals surface area contributed by atoms with Crippen LogP contribution >= 0.6 is 24.0 Å². The highest BCUT2D eigenvalue weighted by molar-refractivity contribution is 6.31. The van der Waals surface area contributed by atoms with Gasteiger partial charge < -0.3 is 5.73 Å². The average Bonchev–Trinajstić information content (AvgIpc) is 2.09. The summed E-state index contributed by atoms with van der Waals surface area (Å²) in [6.07, 6.45) is 1.79. The molecule has 0 radical (unpaired) electrons. The second-order valence-electron chi connectivity index (χ2n) is 3.06. The number of hydrogen-bond donors (Lipinski definition) is 1. The maximum atomic E-state index is 12.8. The summed E-state index contributed by atoms with van der Waals surface area (Å²) in [5, 5.41) is 0.544. The summed E-state index contributed by atoms with van der Waals surface area (Å²) in [4.78, 5) is 0. The van der Waals surface area contributed by atoms with Gasteiger partial charge in [-0.15, -0.1) is 12.4 Å². The first-order valence-electron chi connectivity index (χ1n) is 4.35. The number of rotatable bonds is 3. The fourth-order valence-electron chi connectivity index (χ4n) is 1.27. The Labute approximate surface area is 94.9 Å². The fraction of sp³-hybridized carbons (Fsp3) is 0.400. The molecule has 1 aromatic carbocycles. The molecular formula is C10H14Cl2FN. The monoisotopic (exact) mass is 237 g/mol. The lowest BCUT2D eigenvalue weighted by Crippen LogP contribution is -2.10. The molecule has 0 amide bonds. The molecular weight excluding hydrogens is 224 g/mol. The maximum Gasteiger partial charge on any atom is 0.123 e. The average molecular weight is 238 g/mol. The summed E-state index contributed by atoms with van der Waals surface area (Å²) < 4.78 is 12.8. The van der Waals surface area contributed by atoms with Crippen LogP contribution in [0.3, 0.4) is 0 Å². The largest absolute Gasteiger partial charge is 0.324 e. The third kappa shape index (κ3) is 3.45. The molecule has 1 atom stereocenters. The van der Waals surface area contributed by atoms with E-state index in [0.29, 0.717) is 10.6 Å².